The summed E-state index contributed by atoms with van der Waals surface area (Å²) in [5.41, 5.74) is 2.15. The van der Waals surface area contributed by atoms with Crippen molar-refractivity contribution in [2.45, 2.75) is 19.6 Å². The average Bonchev–Trinajstić information content (AvgIpc) is 2.59. The third-order valence-electron chi connectivity index (χ3n) is 3.08. The van der Waals surface area contributed by atoms with Crippen molar-refractivity contribution < 1.29 is 9.53 Å². The highest BCUT2D eigenvalue weighted by molar-refractivity contribution is 5.97. The lowest BCUT2D eigenvalue weighted by atomic mass is 10.1. The molecule has 0 radical (unpaired) electrons. The summed E-state index contributed by atoms with van der Waals surface area (Å²) in [5, 5.41) is 3.31. The normalized spacial score (nSPS) is 16.2. The molecule has 0 aromatic heterocycles. The molecule has 5 heteroatoms. The van der Waals surface area contributed by atoms with Gasteiger partial charge in [0.15, 0.2) is 0 Å². The minimum absolute atomic E-state index is 0. The van der Waals surface area contributed by atoms with Crippen LogP contribution in [0.2, 0.25) is 0 Å². The molecule has 1 aromatic carbocycles. The molecule has 100 valence electrons. The molecule has 2 rings (SSSR count). The zero-order valence-corrected chi connectivity index (χ0v) is 11.5. The van der Waals surface area contributed by atoms with Gasteiger partial charge >= 0.3 is 0 Å². The summed E-state index contributed by atoms with van der Waals surface area (Å²) < 4.78 is 5.11. The Labute approximate surface area is 114 Å². The first-order valence-electron chi connectivity index (χ1n) is 5.87. The van der Waals surface area contributed by atoms with Crippen molar-refractivity contribution >= 4 is 24.0 Å². The number of carbonyl (C=O) groups is 1. The number of rotatable bonds is 2. The number of anilines is 1. The number of fused-ring (bicyclic) bond motifs is 1. The Morgan fingerprint density at radius 3 is 2.89 bits per heavy atom. The molecule has 1 atom stereocenters. The SMILES string of the molecule is COC(C)C(=O)N1CCNCc2ccccc21.Cl. The number of hydrogen-bond acceptors (Lipinski definition) is 3. The van der Waals surface area contributed by atoms with Crippen LogP contribution in [0.4, 0.5) is 5.69 Å². The fourth-order valence-corrected chi connectivity index (χ4v) is 2.01. The van der Waals surface area contributed by atoms with Gasteiger partial charge in [0, 0.05) is 32.4 Å². The molecular weight excluding hydrogens is 252 g/mol. The first-order chi connectivity index (χ1) is 8.24. The molecule has 1 aliphatic heterocycles. The van der Waals surface area contributed by atoms with Gasteiger partial charge in [0.05, 0.1) is 0 Å². The van der Waals surface area contributed by atoms with Crippen LogP contribution in [0.5, 0.6) is 0 Å². The van der Waals surface area contributed by atoms with E-state index < -0.39 is 6.10 Å². The lowest BCUT2D eigenvalue weighted by molar-refractivity contribution is -0.127. The molecule has 0 spiro atoms. The smallest absolute Gasteiger partial charge is 0.255 e. The predicted octanol–water partition coefficient (Wildman–Crippen LogP) is 1.58. The van der Waals surface area contributed by atoms with E-state index in [9.17, 15) is 4.79 Å². The summed E-state index contributed by atoms with van der Waals surface area (Å²) in [4.78, 5) is 14.0. The van der Waals surface area contributed by atoms with Crippen molar-refractivity contribution in [2.75, 3.05) is 25.1 Å². The van der Waals surface area contributed by atoms with Crippen LogP contribution in [0, 0.1) is 0 Å². The predicted molar refractivity (Wildman–Crippen MR) is 74.2 cm³/mol. The fraction of sp³-hybridized carbons (Fsp3) is 0.462. The zero-order chi connectivity index (χ0) is 12.3. The van der Waals surface area contributed by atoms with Crippen molar-refractivity contribution in [1.29, 1.82) is 0 Å². The number of benzene rings is 1. The van der Waals surface area contributed by atoms with E-state index in [1.807, 2.05) is 29.2 Å². The molecule has 1 amide bonds. The van der Waals surface area contributed by atoms with E-state index in [0.29, 0.717) is 6.54 Å². The van der Waals surface area contributed by atoms with Crippen molar-refractivity contribution in [3.8, 4) is 0 Å². The highest BCUT2D eigenvalue weighted by Crippen LogP contribution is 2.22. The Balaban J connectivity index is 0.00000162. The van der Waals surface area contributed by atoms with E-state index >= 15 is 0 Å². The van der Waals surface area contributed by atoms with Crippen LogP contribution < -0.4 is 10.2 Å². The minimum atomic E-state index is -0.402. The second-order valence-electron chi connectivity index (χ2n) is 4.17. The molecule has 18 heavy (non-hydrogen) atoms. The molecule has 4 nitrogen and oxygen atoms in total. The van der Waals surface area contributed by atoms with Crippen molar-refractivity contribution in [1.82, 2.24) is 5.32 Å². The molecule has 0 bridgehead atoms. The van der Waals surface area contributed by atoms with Crippen molar-refractivity contribution in [3.05, 3.63) is 29.8 Å². The molecule has 0 fully saturated rings. The molecule has 0 aliphatic carbocycles. The molecule has 0 saturated carbocycles. The number of methoxy groups -OCH3 is 1. The highest BCUT2D eigenvalue weighted by atomic mass is 35.5. The van der Waals surface area contributed by atoms with Crippen LogP contribution in [0.15, 0.2) is 24.3 Å². The van der Waals surface area contributed by atoms with Crippen molar-refractivity contribution in [3.63, 3.8) is 0 Å². The van der Waals surface area contributed by atoms with Gasteiger partial charge in [0.25, 0.3) is 5.91 Å². The number of nitrogens with zero attached hydrogens (tertiary/aromatic N) is 1. The Hall–Kier alpha value is -1.10. The quantitative estimate of drug-likeness (QED) is 0.887. The van der Waals surface area contributed by atoms with Crippen LogP contribution in [0.1, 0.15) is 12.5 Å². The van der Waals surface area contributed by atoms with E-state index in [4.69, 9.17) is 4.74 Å². The van der Waals surface area contributed by atoms with E-state index in [1.54, 1.807) is 14.0 Å². The third-order valence-corrected chi connectivity index (χ3v) is 3.08. The molecule has 1 heterocycles. The monoisotopic (exact) mass is 270 g/mol. The molecule has 1 unspecified atom stereocenters. The number of amides is 1. The van der Waals surface area contributed by atoms with Gasteiger partial charge in [-0.1, -0.05) is 18.2 Å². The molecule has 0 saturated heterocycles. The standard InChI is InChI=1S/C13H18N2O2.ClH/c1-10(17-2)13(16)15-8-7-14-9-11-5-3-4-6-12(11)15;/h3-6,10,14H,7-9H2,1-2H3;1H. The maximum absolute atomic E-state index is 12.2. The number of hydrogen-bond donors (Lipinski definition) is 1. The van der Waals surface area contributed by atoms with Gasteiger partial charge in [-0.2, -0.15) is 0 Å². The second-order valence-corrected chi connectivity index (χ2v) is 4.17. The van der Waals surface area contributed by atoms with Crippen molar-refractivity contribution in [2.24, 2.45) is 0 Å². The van der Waals surface area contributed by atoms with Gasteiger partial charge in [0.2, 0.25) is 0 Å². The fourth-order valence-electron chi connectivity index (χ4n) is 2.01. The minimum Gasteiger partial charge on any atom is -0.372 e. The number of halogens is 1. The molecule has 1 aliphatic rings. The van der Waals surface area contributed by atoms with E-state index in [0.717, 1.165) is 24.3 Å². The second kappa shape index (κ2) is 6.73. The zero-order valence-electron chi connectivity index (χ0n) is 10.7. The Bertz CT molecular complexity index is 412. The topological polar surface area (TPSA) is 41.6 Å². The Morgan fingerprint density at radius 1 is 1.44 bits per heavy atom. The van der Waals surface area contributed by atoms with E-state index in [2.05, 4.69) is 5.32 Å². The number of nitrogens with one attached hydrogen (secondary N) is 1. The van der Waals surface area contributed by atoms with Gasteiger partial charge < -0.3 is 15.0 Å². The van der Waals surface area contributed by atoms with Crippen LogP contribution >= 0.6 is 12.4 Å². The maximum atomic E-state index is 12.2. The van der Waals surface area contributed by atoms with Crippen LogP contribution in [0.25, 0.3) is 0 Å². The summed E-state index contributed by atoms with van der Waals surface area (Å²) in [5.74, 6) is 0.0173. The van der Waals surface area contributed by atoms with Crippen LogP contribution in [0.3, 0.4) is 0 Å². The Kier molecular flexibility index (Phi) is 5.59. The summed E-state index contributed by atoms with van der Waals surface area (Å²) >= 11 is 0. The van der Waals surface area contributed by atoms with Gasteiger partial charge in [-0.3, -0.25) is 4.79 Å². The summed E-state index contributed by atoms with van der Waals surface area (Å²) in [6.45, 7) is 4.07. The number of carbonyl (C=O) groups excluding carboxylic acids is 1. The number of ether oxygens (including phenoxy) is 1. The van der Waals surface area contributed by atoms with E-state index in [1.165, 1.54) is 0 Å². The summed E-state index contributed by atoms with van der Waals surface area (Å²) in [6.07, 6.45) is -0.402. The highest BCUT2D eigenvalue weighted by Gasteiger charge is 2.24. The largest absolute Gasteiger partial charge is 0.372 e. The van der Waals surface area contributed by atoms with Crippen LogP contribution in [-0.2, 0) is 16.1 Å². The summed E-state index contributed by atoms with van der Waals surface area (Å²) in [6, 6.07) is 7.99. The maximum Gasteiger partial charge on any atom is 0.255 e. The summed E-state index contributed by atoms with van der Waals surface area (Å²) in [7, 11) is 1.56. The number of para-hydroxylation sites is 1. The van der Waals surface area contributed by atoms with Gasteiger partial charge in [0.1, 0.15) is 6.10 Å². The lowest BCUT2D eigenvalue weighted by Gasteiger charge is -2.25. The van der Waals surface area contributed by atoms with Gasteiger partial charge in [-0.05, 0) is 18.6 Å². The van der Waals surface area contributed by atoms with E-state index in [-0.39, 0.29) is 18.3 Å². The first kappa shape index (κ1) is 15.0. The van der Waals surface area contributed by atoms with Gasteiger partial charge in [-0.15, -0.1) is 12.4 Å². The third kappa shape index (κ3) is 3.02. The average molecular weight is 271 g/mol. The van der Waals surface area contributed by atoms with Gasteiger partial charge in [-0.25, -0.2) is 0 Å². The lowest BCUT2D eigenvalue weighted by Crippen LogP contribution is -2.41. The Morgan fingerprint density at radius 2 is 2.17 bits per heavy atom. The molecule has 1 N–H and O–H groups in total. The van der Waals surface area contributed by atoms with Crippen LogP contribution in [-0.4, -0.2) is 32.2 Å². The first-order valence-corrected chi connectivity index (χ1v) is 5.87. The molecular formula is C13H19ClN2O2. The molecule has 1 aromatic rings.